The molecular weight excluding hydrogens is 440 g/mol. The summed E-state index contributed by atoms with van der Waals surface area (Å²) in [4.78, 5) is 31.6. The van der Waals surface area contributed by atoms with E-state index >= 15 is 0 Å². The van der Waals surface area contributed by atoms with Crippen LogP contribution < -0.4 is 27.1 Å². The zero-order valence-corrected chi connectivity index (χ0v) is 18.6. The third-order valence-corrected chi connectivity index (χ3v) is 5.57. The van der Waals surface area contributed by atoms with E-state index in [-0.39, 0.29) is 11.8 Å². The molecule has 5 aromatic rings. The Labute approximate surface area is 201 Å². The molecule has 0 aliphatic rings. The number of carbonyl (C=O) groups is 2. The largest absolute Gasteiger partial charge is 0.399 e. The number of nitrogens with one attached hydrogen (secondary N) is 4. The molecule has 0 atom stereocenters. The van der Waals surface area contributed by atoms with Crippen molar-refractivity contribution in [1.29, 1.82) is 0 Å². The van der Waals surface area contributed by atoms with Crippen LogP contribution in [0.1, 0.15) is 20.7 Å². The first kappa shape index (κ1) is 21.7. The van der Waals surface area contributed by atoms with E-state index in [0.29, 0.717) is 33.9 Å². The minimum Gasteiger partial charge on any atom is -0.399 e. The molecule has 4 aromatic carbocycles. The number of aromatic amines is 2. The van der Waals surface area contributed by atoms with Crippen molar-refractivity contribution in [3.05, 3.63) is 102 Å². The fourth-order valence-electron chi connectivity index (χ4n) is 3.68. The van der Waals surface area contributed by atoms with Crippen LogP contribution in [-0.2, 0) is 0 Å². The number of hydrogen-bond acceptors (Lipinski definition) is 4. The molecule has 35 heavy (non-hydrogen) atoms. The fourth-order valence-corrected chi connectivity index (χ4v) is 3.68. The van der Waals surface area contributed by atoms with Gasteiger partial charge >= 0.3 is 0 Å². The number of anilines is 4. The van der Waals surface area contributed by atoms with Crippen molar-refractivity contribution >= 4 is 45.6 Å². The van der Waals surface area contributed by atoms with Crippen LogP contribution in [0.5, 0.6) is 0 Å². The van der Waals surface area contributed by atoms with Gasteiger partial charge < -0.3 is 22.1 Å². The number of amides is 2. The van der Waals surface area contributed by atoms with Crippen molar-refractivity contribution in [3.8, 4) is 11.4 Å². The molecule has 5 rings (SSSR count). The predicted octanol–water partition coefficient (Wildman–Crippen LogP) is 4.32. The summed E-state index contributed by atoms with van der Waals surface area (Å²) in [5.74, 6) is 0.388. The number of nitrogens with two attached hydrogens (primary N) is 2. The Morgan fingerprint density at radius 1 is 0.657 bits per heavy atom. The van der Waals surface area contributed by atoms with E-state index in [1.54, 1.807) is 48.5 Å². The molecule has 0 aliphatic carbocycles. The van der Waals surface area contributed by atoms with Crippen molar-refractivity contribution in [2.75, 3.05) is 22.1 Å². The molecule has 0 radical (unpaired) electrons. The van der Waals surface area contributed by atoms with Gasteiger partial charge in [-0.3, -0.25) is 9.59 Å². The van der Waals surface area contributed by atoms with Crippen LogP contribution in [0.25, 0.3) is 22.4 Å². The fraction of sp³-hybridized carbons (Fsp3) is 0. The maximum absolute atomic E-state index is 12.5. The third-order valence-electron chi connectivity index (χ3n) is 5.57. The average molecular weight is 464 g/mol. The van der Waals surface area contributed by atoms with E-state index in [4.69, 9.17) is 11.5 Å². The summed E-state index contributed by atoms with van der Waals surface area (Å²) in [6.07, 6.45) is 0. The predicted molar refractivity (Wildman–Crippen MR) is 138 cm³/mol. The van der Waals surface area contributed by atoms with Gasteiger partial charge in [0.25, 0.3) is 17.6 Å². The molecule has 0 bridgehead atoms. The van der Waals surface area contributed by atoms with Crippen LogP contribution in [0.2, 0.25) is 0 Å². The molecule has 0 saturated heterocycles. The molecule has 0 spiro atoms. The molecule has 172 valence electrons. The summed E-state index contributed by atoms with van der Waals surface area (Å²) in [6, 6.07) is 26.6. The summed E-state index contributed by atoms with van der Waals surface area (Å²) in [7, 11) is 0. The van der Waals surface area contributed by atoms with E-state index in [1.165, 1.54) is 0 Å². The van der Waals surface area contributed by atoms with Crippen LogP contribution in [0.3, 0.4) is 0 Å². The van der Waals surface area contributed by atoms with Gasteiger partial charge in [-0.1, -0.05) is 0 Å². The van der Waals surface area contributed by atoms with Gasteiger partial charge in [-0.05, 0) is 84.9 Å². The number of carbonyl (C=O) groups excluding carboxylic acids is 2. The number of fused-ring (bicyclic) bond motifs is 1. The highest BCUT2D eigenvalue weighted by Gasteiger charge is 2.14. The molecule has 1 heterocycles. The molecule has 0 saturated carbocycles. The van der Waals surface area contributed by atoms with Crippen molar-refractivity contribution in [1.82, 2.24) is 4.98 Å². The van der Waals surface area contributed by atoms with Gasteiger partial charge in [-0.25, -0.2) is 9.97 Å². The standard InChI is InChI=1S/C27H22N6O2/c28-19-7-1-17(2-8-19)26(34)30-21-11-5-16(6-12-21)25-32-23-14-13-22(15-24(23)33-25)31-27(35)18-3-9-20(29)10-4-18/h1-15H,28-29H2,(H,30,34)(H,31,35)(H,32,33)/p+1. The second-order valence-electron chi connectivity index (χ2n) is 8.11. The number of H-pyrrole nitrogens is 2. The second kappa shape index (κ2) is 9.03. The summed E-state index contributed by atoms with van der Waals surface area (Å²) in [5, 5.41) is 5.78. The maximum Gasteiger partial charge on any atom is 0.285 e. The van der Waals surface area contributed by atoms with Crippen molar-refractivity contribution in [2.45, 2.75) is 0 Å². The normalized spacial score (nSPS) is 10.7. The van der Waals surface area contributed by atoms with Gasteiger partial charge in [0.2, 0.25) is 0 Å². The summed E-state index contributed by atoms with van der Waals surface area (Å²) in [6.45, 7) is 0. The van der Waals surface area contributed by atoms with Crippen molar-refractivity contribution in [3.63, 3.8) is 0 Å². The Balaban J connectivity index is 1.30. The number of rotatable bonds is 5. The molecule has 8 nitrogen and oxygen atoms in total. The highest BCUT2D eigenvalue weighted by Crippen LogP contribution is 2.22. The first-order chi connectivity index (χ1) is 16.9. The smallest absolute Gasteiger partial charge is 0.285 e. The zero-order chi connectivity index (χ0) is 24.4. The van der Waals surface area contributed by atoms with Gasteiger partial charge in [0.15, 0.2) is 11.0 Å². The highest BCUT2D eigenvalue weighted by molar-refractivity contribution is 6.05. The molecule has 0 aliphatic heterocycles. The van der Waals surface area contributed by atoms with E-state index in [2.05, 4.69) is 20.6 Å². The Morgan fingerprint density at radius 3 is 1.74 bits per heavy atom. The maximum atomic E-state index is 12.5. The average Bonchev–Trinajstić information content (AvgIpc) is 3.29. The zero-order valence-electron chi connectivity index (χ0n) is 18.6. The van der Waals surface area contributed by atoms with Gasteiger partial charge in [-0.15, -0.1) is 0 Å². The van der Waals surface area contributed by atoms with Gasteiger partial charge in [0, 0.05) is 39.9 Å². The first-order valence-corrected chi connectivity index (χ1v) is 10.9. The van der Waals surface area contributed by atoms with Crippen LogP contribution in [-0.4, -0.2) is 16.8 Å². The molecule has 0 unspecified atom stereocenters. The Morgan fingerprint density at radius 2 is 1.17 bits per heavy atom. The number of hydrogen-bond donors (Lipinski definition) is 5. The van der Waals surface area contributed by atoms with Gasteiger partial charge in [0.05, 0.1) is 5.56 Å². The van der Waals surface area contributed by atoms with E-state index < -0.39 is 0 Å². The van der Waals surface area contributed by atoms with Crippen LogP contribution in [0.15, 0.2) is 91.0 Å². The van der Waals surface area contributed by atoms with E-state index in [9.17, 15) is 9.59 Å². The van der Waals surface area contributed by atoms with Gasteiger partial charge in [-0.2, -0.15) is 0 Å². The minimum atomic E-state index is -0.211. The van der Waals surface area contributed by atoms with Crippen molar-refractivity contribution in [2.24, 2.45) is 0 Å². The molecule has 8 N–H and O–H groups in total. The van der Waals surface area contributed by atoms with E-state index in [1.807, 2.05) is 42.5 Å². The summed E-state index contributed by atoms with van der Waals surface area (Å²) in [5.41, 5.74) is 17.6. The van der Waals surface area contributed by atoms with Crippen LogP contribution >= 0.6 is 0 Å². The lowest BCUT2D eigenvalue weighted by molar-refractivity contribution is -0.330. The van der Waals surface area contributed by atoms with Crippen molar-refractivity contribution < 1.29 is 14.6 Å². The number of aromatic nitrogens is 2. The monoisotopic (exact) mass is 463 g/mol. The number of imidazole rings is 1. The molecular formula is C27H23N6O2+. The highest BCUT2D eigenvalue weighted by atomic mass is 16.2. The molecule has 8 heteroatoms. The molecule has 0 fully saturated rings. The van der Waals surface area contributed by atoms with Gasteiger partial charge in [0.1, 0.15) is 0 Å². The number of nitrogen functional groups attached to an aromatic ring is 2. The Hall–Kier alpha value is -5.11. The first-order valence-electron chi connectivity index (χ1n) is 10.9. The minimum absolute atomic E-state index is 0.205. The van der Waals surface area contributed by atoms with Crippen LogP contribution in [0, 0.1) is 0 Å². The summed E-state index contributed by atoms with van der Waals surface area (Å²) < 4.78 is 0. The SMILES string of the molecule is Nc1ccc(C(=O)Nc2ccc(-c3[nH]c4cc(NC(=O)c5ccc(N)cc5)ccc4[nH+]3)cc2)cc1. The van der Waals surface area contributed by atoms with E-state index in [0.717, 1.165) is 22.4 Å². The third kappa shape index (κ3) is 4.81. The molecule has 1 aromatic heterocycles. The number of benzene rings is 4. The topological polar surface area (TPSA) is 140 Å². The Kier molecular flexibility index (Phi) is 5.60. The molecule has 2 amide bonds. The van der Waals surface area contributed by atoms with Crippen LogP contribution in [0.4, 0.5) is 22.7 Å². The lowest BCUT2D eigenvalue weighted by atomic mass is 10.1. The second-order valence-corrected chi connectivity index (χ2v) is 8.11. The Bertz CT molecular complexity index is 1520. The lowest BCUT2D eigenvalue weighted by Crippen LogP contribution is -2.12. The summed E-state index contributed by atoms with van der Waals surface area (Å²) >= 11 is 0. The quantitative estimate of drug-likeness (QED) is 0.248. The lowest BCUT2D eigenvalue weighted by Gasteiger charge is -2.05.